The summed E-state index contributed by atoms with van der Waals surface area (Å²) in [6.45, 7) is 1.69. The second kappa shape index (κ2) is 9.94. The SMILES string of the molecule is CN=C(NCCCC1CCCCC1)NCc1ccc(-n2ccnc2)nc1. The highest BCUT2D eigenvalue weighted by atomic mass is 15.2. The molecule has 140 valence electrons. The van der Waals surface area contributed by atoms with Crippen LogP contribution in [-0.4, -0.2) is 34.1 Å². The van der Waals surface area contributed by atoms with Gasteiger partial charge in [0.1, 0.15) is 12.1 Å². The summed E-state index contributed by atoms with van der Waals surface area (Å²) >= 11 is 0. The van der Waals surface area contributed by atoms with E-state index in [-0.39, 0.29) is 0 Å². The Morgan fingerprint density at radius 2 is 2.12 bits per heavy atom. The van der Waals surface area contributed by atoms with Crippen molar-refractivity contribution in [2.45, 2.75) is 51.5 Å². The highest BCUT2D eigenvalue weighted by Crippen LogP contribution is 2.26. The number of imidazole rings is 1. The number of pyridine rings is 1. The predicted octanol–water partition coefficient (Wildman–Crippen LogP) is 3.29. The highest BCUT2D eigenvalue weighted by molar-refractivity contribution is 5.79. The van der Waals surface area contributed by atoms with Crippen LogP contribution in [-0.2, 0) is 6.54 Å². The zero-order valence-electron chi connectivity index (χ0n) is 15.7. The molecule has 1 aliphatic carbocycles. The van der Waals surface area contributed by atoms with Crippen LogP contribution in [0.5, 0.6) is 0 Å². The van der Waals surface area contributed by atoms with Crippen LogP contribution >= 0.6 is 0 Å². The second-order valence-corrected chi connectivity index (χ2v) is 6.99. The number of nitrogens with zero attached hydrogens (tertiary/aromatic N) is 4. The molecule has 2 aromatic rings. The van der Waals surface area contributed by atoms with Gasteiger partial charge in [0.25, 0.3) is 0 Å². The lowest BCUT2D eigenvalue weighted by Crippen LogP contribution is -2.37. The largest absolute Gasteiger partial charge is 0.356 e. The quantitative estimate of drug-likeness (QED) is 0.455. The maximum atomic E-state index is 4.47. The van der Waals surface area contributed by atoms with Crippen molar-refractivity contribution in [3.8, 4) is 5.82 Å². The lowest BCUT2D eigenvalue weighted by Gasteiger charge is -2.21. The monoisotopic (exact) mass is 354 g/mol. The molecule has 0 radical (unpaired) electrons. The van der Waals surface area contributed by atoms with Crippen molar-refractivity contribution in [2.75, 3.05) is 13.6 Å². The molecule has 2 aromatic heterocycles. The van der Waals surface area contributed by atoms with Crippen LogP contribution in [0.4, 0.5) is 0 Å². The number of hydrogen-bond acceptors (Lipinski definition) is 3. The van der Waals surface area contributed by atoms with Gasteiger partial charge in [-0.05, 0) is 30.4 Å². The summed E-state index contributed by atoms with van der Waals surface area (Å²) in [6.07, 6.45) is 17.0. The highest BCUT2D eigenvalue weighted by Gasteiger charge is 2.12. The fourth-order valence-electron chi connectivity index (χ4n) is 3.55. The molecule has 0 aliphatic heterocycles. The van der Waals surface area contributed by atoms with Crippen molar-refractivity contribution in [3.05, 3.63) is 42.6 Å². The molecular formula is C20H30N6. The number of nitrogens with one attached hydrogen (secondary N) is 2. The molecule has 0 unspecified atom stereocenters. The Hall–Kier alpha value is -2.37. The molecule has 3 rings (SSSR count). The second-order valence-electron chi connectivity index (χ2n) is 6.99. The number of hydrogen-bond donors (Lipinski definition) is 2. The van der Waals surface area contributed by atoms with E-state index in [0.717, 1.165) is 29.8 Å². The van der Waals surface area contributed by atoms with Gasteiger partial charge in [0.05, 0.1) is 0 Å². The van der Waals surface area contributed by atoms with Crippen LogP contribution in [0.25, 0.3) is 5.82 Å². The van der Waals surface area contributed by atoms with Gasteiger partial charge in [-0.2, -0.15) is 0 Å². The van der Waals surface area contributed by atoms with Crippen molar-refractivity contribution in [3.63, 3.8) is 0 Å². The molecule has 1 aliphatic rings. The van der Waals surface area contributed by atoms with E-state index in [0.29, 0.717) is 6.54 Å². The van der Waals surface area contributed by atoms with E-state index in [1.165, 1.54) is 44.9 Å². The molecule has 2 N–H and O–H groups in total. The fraction of sp³-hybridized carbons (Fsp3) is 0.550. The zero-order valence-corrected chi connectivity index (χ0v) is 15.7. The first-order valence-corrected chi connectivity index (χ1v) is 9.73. The molecule has 0 amide bonds. The lowest BCUT2D eigenvalue weighted by molar-refractivity contribution is 0.332. The van der Waals surface area contributed by atoms with Gasteiger partial charge in [-0.15, -0.1) is 0 Å². The molecule has 26 heavy (non-hydrogen) atoms. The van der Waals surface area contributed by atoms with Gasteiger partial charge < -0.3 is 10.6 Å². The Morgan fingerprint density at radius 3 is 2.81 bits per heavy atom. The molecule has 1 saturated carbocycles. The fourth-order valence-corrected chi connectivity index (χ4v) is 3.55. The minimum atomic E-state index is 0.708. The molecule has 0 atom stereocenters. The standard InChI is InChI=1S/C20H30N6/c1-21-20(23-11-5-8-17-6-3-2-4-7-17)25-15-18-9-10-19(24-14-18)26-13-12-22-16-26/h9-10,12-14,16-17H,2-8,11,15H2,1H3,(H2,21,23,25). The molecule has 0 spiro atoms. The van der Waals surface area contributed by atoms with E-state index in [1.807, 2.05) is 30.1 Å². The summed E-state index contributed by atoms with van der Waals surface area (Å²) in [5.74, 6) is 2.67. The minimum Gasteiger partial charge on any atom is -0.356 e. The minimum absolute atomic E-state index is 0.708. The Morgan fingerprint density at radius 1 is 1.23 bits per heavy atom. The van der Waals surface area contributed by atoms with E-state index >= 15 is 0 Å². The maximum Gasteiger partial charge on any atom is 0.191 e. The van der Waals surface area contributed by atoms with Gasteiger partial charge in [-0.1, -0.05) is 38.2 Å². The lowest BCUT2D eigenvalue weighted by atomic mass is 9.86. The van der Waals surface area contributed by atoms with Crippen LogP contribution in [0.3, 0.4) is 0 Å². The number of aromatic nitrogens is 3. The molecule has 6 nitrogen and oxygen atoms in total. The molecule has 0 saturated heterocycles. The Labute approximate surface area is 156 Å². The predicted molar refractivity (Wildman–Crippen MR) is 105 cm³/mol. The summed E-state index contributed by atoms with van der Waals surface area (Å²) in [4.78, 5) is 12.8. The van der Waals surface area contributed by atoms with Crippen LogP contribution in [0, 0.1) is 5.92 Å². The third kappa shape index (κ3) is 5.58. The first kappa shape index (κ1) is 18.4. The van der Waals surface area contributed by atoms with Crippen molar-refractivity contribution < 1.29 is 0 Å². The number of aliphatic imine (C=N–C) groups is 1. The third-order valence-corrected chi connectivity index (χ3v) is 5.07. The van der Waals surface area contributed by atoms with Gasteiger partial charge in [0.2, 0.25) is 0 Å². The number of guanidine groups is 1. The van der Waals surface area contributed by atoms with Crippen LogP contribution in [0.2, 0.25) is 0 Å². The molecule has 0 bridgehead atoms. The summed E-state index contributed by atoms with van der Waals surface area (Å²) < 4.78 is 1.89. The topological polar surface area (TPSA) is 67.1 Å². The van der Waals surface area contributed by atoms with Gasteiger partial charge in [-0.25, -0.2) is 9.97 Å². The van der Waals surface area contributed by atoms with E-state index < -0.39 is 0 Å². The van der Waals surface area contributed by atoms with E-state index in [2.05, 4.69) is 31.7 Å². The van der Waals surface area contributed by atoms with Crippen LogP contribution < -0.4 is 10.6 Å². The van der Waals surface area contributed by atoms with Gasteiger partial charge in [0, 0.05) is 38.7 Å². The van der Waals surface area contributed by atoms with E-state index in [1.54, 1.807) is 12.5 Å². The summed E-state index contributed by atoms with van der Waals surface area (Å²) in [5.41, 5.74) is 1.12. The molecule has 2 heterocycles. The van der Waals surface area contributed by atoms with Gasteiger partial charge >= 0.3 is 0 Å². The smallest absolute Gasteiger partial charge is 0.191 e. The summed E-state index contributed by atoms with van der Waals surface area (Å²) in [6, 6.07) is 4.07. The van der Waals surface area contributed by atoms with Gasteiger partial charge in [-0.3, -0.25) is 9.56 Å². The first-order valence-electron chi connectivity index (χ1n) is 9.73. The zero-order chi connectivity index (χ0) is 18.0. The van der Waals surface area contributed by atoms with Crippen molar-refractivity contribution in [1.82, 2.24) is 25.2 Å². The van der Waals surface area contributed by atoms with E-state index in [4.69, 9.17) is 0 Å². The Bertz CT molecular complexity index is 656. The molecular weight excluding hydrogens is 324 g/mol. The average molecular weight is 355 g/mol. The van der Waals surface area contributed by atoms with E-state index in [9.17, 15) is 0 Å². The molecule has 6 heteroatoms. The van der Waals surface area contributed by atoms with Gasteiger partial charge in [0.15, 0.2) is 5.96 Å². The third-order valence-electron chi connectivity index (χ3n) is 5.07. The number of rotatable bonds is 7. The normalized spacial score (nSPS) is 15.8. The molecule has 0 aromatic carbocycles. The molecule has 1 fully saturated rings. The van der Waals surface area contributed by atoms with Crippen molar-refractivity contribution in [2.24, 2.45) is 10.9 Å². The van der Waals surface area contributed by atoms with Crippen LogP contribution in [0.15, 0.2) is 42.0 Å². The van der Waals surface area contributed by atoms with Crippen molar-refractivity contribution in [1.29, 1.82) is 0 Å². The summed E-state index contributed by atoms with van der Waals surface area (Å²) in [7, 11) is 1.82. The first-order chi connectivity index (χ1) is 12.8. The van der Waals surface area contributed by atoms with Crippen LogP contribution in [0.1, 0.15) is 50.5 Å². The van der Waals surface area contributed by atoms with Crippen molar-refractivity contribution >= 4 is 5.96 Å². The summed E-state index contributed by atoms with van der Waals surface area (Å²) in [5, 5.41) is 6.78. The average Bonchev–Trinajstić information content (AvgIpc) is 3.23. The Kier molecular flexibility index (Phi) is 7.05. The Balaban J connectivity index is 1.37. The maximum absolute atomic E-state index is 4.47.